The maximum Gasteiger partial charge on any atom is 0.407 e. The molecule has 0 bridgehead atoms. The first kappa shape index (κ1) is 28.7. The van der Waals surface area contributed by atoms with Crippen molar-refractivity contribution in [2.75, 3.05) is 26.2 Å². The van der Waals surface area contributed by atoms with Gasteiger partial charge in [0.15, 0.2) is 11.6 Å². The molecule has 0 saturated carbocycles. The third kappa shape index (κ3) is 6.10. The van der Waals surface area contributed by atoms with Crippen molar-refractivity contribution < 1.29 is 42.8 Å². The van der Waals surface area contributed by atoms with Gasteiger partial charge in [-0.3, -0.25) is 9.59 Å². The van der Waals surface area contributed by atoms with Crippen LogP contribution >= 0.6 is 0 Å². The molecule has 4 aliphatic heterocycles. The number of hydrogen-bond acceptors (Lipinski definition) is 9. The van der Waals surface area contributed by atoms with Crippen LogP contribution in [0.5, 0.6) is 0 Å². The summed E-state index contributed by atoms with van der Waals surface area (Å²) in [4.78, 5) is 39.8. The van der Waals surface area contributed by atoms with E-state index >= 15 is 0 Å². The molecular formula is C28H39N3O9. The second-order valence-corrected chi connectivity index (χ2v) is 12.0. The summed E-state index contributed by atoms with van der Waals surface area (Å²) < 4.78 is 35.7. The largest absolute Gasteiger partial charge is 0.445 e. The second kappa shape index (κ2) is 10.6. The van der Waals surface area contributed by atoms with E-state index in [4.69, 9.17) is 28.4 Å². The van der Waals surface area contributed by atoms with E-state index < -0.39 is 53.0 Å². The van der Waals surface area contributed by atoms with Crippen molar-refractivity contribution in [1.29, 1.82) is 0 Å². The van der Waals surface area contributed by atoms with E-state index in [2.05, 4.69) is 10.6 Å². The van der Waals surface area contributed by atoms with Crippen molar-refractivity contribution in [2.24, 2.45) is 0 Å². The third-order valence-corrected chi connectivity index (χ3v) is 7.74. The van der Waals surface area contributed by atoms with Gasteiger partial charge < -0.3 is 44.0 Å². The molecule has 0 spiro atoms. The molecular weight excluding hydrogens is 522 g/mol. The molecule has 4 saturated heterocycles. The highest BCUT2D eigenvalue weighted by atomic mass is 16.9. The molecule has 2 N–H and O–H groups in total. The molecule has 4 heterocycles. The molecule has 12 heteroatoms. The second-order valence-electron chi connectivity index (χ2n) is 12.0. The molecule has 0 aliphatic carbocycles. The standard InChI is InChI=1S/C28H39N3O9/c1-25(2)37-19-16-36-28(21(20(19)38-25)39-26(3,4)40-28)17-29-22(32)23(33)31-13-11-27(5,12-14-31)30-24(34)35-15-18-9-7-6-8-10-18/h6-10,19-21H,11-17H2,1-5H3,(H,29,32)(H,30,34)/t19-,20-,21+,28+/m1/s1. The van der Waals surface area contributed by atoms with Gasteiger partial charge in [-0.25, -0.2) is 4.79 Å². The Balaban J connectivity index is 1.12. The maximum absolute atomic E-state index is 13.0. The lowest BCUT2D eigenvalue weighted by Crippen LogP contribution is -2.63. The monoisotopic (exact) mass is 561 g/mol. The van der Waals surface area contributed by atoms with E-state index in [1.165, 1.54) is 4.90 Å². The zero-order chi connectivity index (χ0) is 28.8. The van der Waals surface area contributed by atoms with Crippen LogP contribution in [0.15, 0.2) is 30.3 Å². The number of nitrogens with zero attached hydrogens (tertiary/aromatic N) is 1. The Morgan fingerprint density at radius 3 is 2.38 bits per heavy atom. The van der Waals surface area contributed by atoms with Crippen LogP contribution in [-0.4, -0.2) is 90.3 Å². The highest BCUT2D eigenvalue weighted by Crippen LogP contribution is 2.47. The van der Waals surface area contributed by atoms with Crippen LogP contribution in [-0.2, 0) is 44.6 Å². The van der Waals surface area contributed by atoms with Crippen molar-refractivity contribution in [1.82, 2.24) is 15.5 Å². The number of benzene rings is 1. The first-order valence-corrected chi connectivity index (χ1v) is 13.7. The Bertz CT molecular complexity index is 1120. The fourth-order valence-electron chi connectivity index (χ4n) is 5.74. The summed E-state index contributed by atoms with van der Waals surface area (Å²) in [6.45, 7) is 9.95. The Morgan fingerprint density at radius 1 is 0.975 bits per heavy atom. The Morgan fingerprint density at radius 2 is 1.68 bits per heavy atom. The fourth-order valence-corrected chi connectivity index (χ4v) is 5.74. The Kier molecular flexibility index (Phi) is 7.60. The van der Waals surface area contributed by atoms with Gasteiger partial charge in [-0.2, -0.15) is 0 Å². The molecule has 220 valence electrons. The minimum absolute atomic E-state index is 0.0982. The van der Waals surface area contributed by atoms with Crippen LogP contribution in [0.25, 0.3) is 0 Å². The number of fused-ring (bicyclic) bond motifs is 3. The number of carbonyl (C=O) groups is 3. The van der Waals surface area contributed by atoms with Crippen molar-refractivity contribution >= 4 is 17.9 Å². The average molecular weight is 562 g/mol. The molecule has 12 nitrogen and oxygen atoms in total. The van der Waals surface area contributed by atoms with Crippen molar-refractivity contribution in [3.05, 3.63) is 35.9 Å². The third-order valence-electron chi connectivity index (χ3n) is 7.74. The van der Waals surface area contributed by atoms with Gasteiger partial charge >= 0.3 is 17.9 Å². The van der Waals surface area contributed by atoms with Crippen LogP contribution in [0.3, 0.4) is 0 Å². The molecule has 4 fully saturated rings. The van der Waals surface area contributed by atoms with Gasteiger partial charge in [0, 0.05) is 18.6 Å². The summed E-state index contributed by atoms with van der Waals surface area (Å²) in [5, 5.41) is 5.60. The minimum Gasteiger partial charge on any atom is -0.445 e. The molecule has 1 aromatic rings. The van der Waals surface area contributed by atoms with Crippen LogP contribution < -0.4 is 10.6 Å². The van der Waals surface area contributed by atoms with E-state index in [1.54, 1.807) is 13.8 Å². The van der Waals surface area contributed by atoms with Crippen LogP contribution in [0.1, 0.15) is 53.0 Å². The predicted octanol–water partition coefficient (Wildman–Crippen LogP) is 1.81. The van der Waals surface area contributed by atoms with E-state index in [0.29, 0.717) is 25.9 Å². The minimum atomic E-state index is -1.32. The summed E-state index contributed by atoms with van der Waals surface area (Å²) in [5.41, 5.74) is 0.335. The summed E-state index contributed by atoms with van der Waals surface area (Å²) in [7, 11) is 0. The molecule has 0 radical (unpaired) electrons. The molecule has 5 rings (SSSR count). The van der Waals surface area contributed by atoms with Gasteiger partial charge in [0.1, 0.15) is 24.9 Å². The van der Waals surface area contributed by atoms with Gasteiger partial charge in [0.2, 0.25) is 5.79 Å². The van der Waals surface area contributed by atoms with Gasteiger partial charge in [0.05, 0.1) is 13.2 Å². The van der Waals surface area contributed by atoms with Crippen molar-refractivity contribution in [2.45, 2.75) is 95.3 Å². The summed E-state index contributed by atoms with van der Waals surface area (Å²) in [5.74, 6) is -4.54. The summed E-state index contributed by atoms with van der Waals surface area (Å²) in [6, 6.07) is 9.42. The zero-order valence-corrected chi connectivity index (χ0v) is 23.7. The predicted molar refractivity (Wildman–Crippen MR) is 140 cm³/mol. The molecule has 4 aliphatic rings. The van der Waals surface area contributed by atoms with Crippen LogP contribution in [0, 0.1) is 0 Å². The zero-order valence-electron chi connectivity index (χ0n) is 23.7. The van der Waals surface area contributed by atoms with Crippen LogP contribution in [0.4, 0.5) is 4.79 Å². The number of nitrogens with one attached hydrogen (secondary N) is 2. The van der Waals surface area contributed by atoms with Gasteiger partial charge in [0.25, 0.3) is 0 Å². The highest BCUT2D eigenvalue weighted by Gasteiger charge is 2.65. The molecule has 0 aromatic heterocycles. The number of ether oxygens (including phenoxy) is 6. The van der Waals surface area contributed by atoms with Crippen molar-refractivity contribution in [3.63, 3.8) is 0 Å². The van der Waals surface area contributed by atoms with E-state index in [0.717, 1.165) is 5.56 Å². The number of rotatable bonds is 5. The molecule has 1 aromatic carbocycles. The van der Waals surface area contributed by atoms with Gasteiger partial charge in [-0.05, 0) is 53.0 Å². The highest BCUT2D eigenvalue weighted by molar-refractivity contribution is 6.35. The summed E-state index contributed by atoms with van der Waals surface area (Å²) in [6.07, 6.45) is -1.03. The molecule has 40 heavy (non-hydrogen) atoms. The number of amides is 3. The number of piperidine rings is 1. The number of alkyl carbamates (subject to hydrolysis) is 1. The molecule has 4 atom stereocenters. The molecule has 0 unspecified atom stereocenters. The smallest absolute Gasteiger partial charge is 0.407 e. The Hall–Kier alpha value is -2.77. The van der Waals surface area contributed by atoms with Crippen molar-refractivity contribution in [3.8, 4) is 0 Å². The van der Waals surface area contributed by atoms with E-state index in [-0.39, 0.29) is 25.9 Å². The summed E-state index contributed by atoms with van der Waals surface area (Å²) >= 11 is 0. The molecule has 3 amide bonds. The lowest BCUT2D eigenvalue weighted by Gasteiger charge is -2.41. The topological polar surface area (TPSA) is 134 Å². The normalized spacial score (nSPS) is 31.5. The lowest BCUT2D eigenvalue weighted by molar-refractivity contribution is -0.277. The maximum atomic E-state index is 13.0. The number of likely N-dealkylation sites (tertiary alicyclic amines) is 1. The first-order chi connectivity index (χ1) is 18.8. The van der Waals surface area contributed by atoms with Gasteiger partial charge in [-0.15, -0.1) is 0 Å². The number of hydrogen-bond donors (Lipinski definition) is 2. The number of carbonyl (C=O) groups excluding carboxylic acids is 3. The lowest BCUT2D eigenvalue weighted by atomic mass is 9.89. The quantitative estimate of drug-likeness (QED) is 0.516. The van der Waals surface area contributed by atoms with E-state index in [1.807, 2.05) is 51.1 Å². The van der Waals surface area contributed by atoms with Gasteiger partial charge in [-0.1, -0.05) is 30.3 Å². The average Bonchev–Trinajstić information content (AvgIpc) is 3.37. The first-order valence-electron chi connectivity index (χ1n) is 13.7. The Labute approximate surface area is 233 Å². The fraction of sp³-hybridized carbons (Fsp3) is 0.679. The van der Waals surface area contributed by atoms with Crippen LogP contribution in [0.2, 0.25) is 0 Å². The van der Waals surface area contributed by atoms with E-state index in [9.17, 15) is 14.4 Å². The SMILES string of the molecule is CC1(NC(=O)OCc2ccccc2)CCN(C(=O)C(=O)NC[C@@]23OC[C@H]4OC(C)(C)O[C@H]4[C@@H]2OC(C)(C)O3)CC1.